The van der Waals surface area contributed by atoms with Gasteiger partial charge >= 0.3 is 0 Å². The third-order valence-electron chi connectivity index (χ3n) is 3.18. The third-order valence-corrected chi connectivity index (χ3v) is 5.08. The fourth-order valence-electron chi connectivity index (χ4n) is 2.25. The predicted octanol–water partition coefficient (Wildman–Crippen LogP) is 4.66. The lowest BCUT2D eigenvalue weighted by Crippen LogP contribution is -2.12. The van der Waals surface area contributed by atoms with Gasteiger partial charge in [0.1, 0.15) is 0 Å². The molecule has 0 fully saturated rings. The van der Waals surface area contributed by atoms with Crippen molar-refractivity contribution >= 4 is 15.9 Å². The summed E-state index contributed by atoms with van der Waals surface area (Å²) < 4.78 is 0. The number of aryl methyl sites for hydroxylation is 2. The van der Waals surface area contributed by atoms with Crippen molar-refractivity contribution in [3.63, 3.8) is 0 Å². The van der Waals surface area contributed by atoms with E-state index in [1.165, 1.54) is 24.8 Å². The molecule has 0 heterocycles. The Morgan fingerprint density at radius 1 is 1.13 bits per heavy atom. The molecule has 1 aromatic carbocycles. The van der Waals surface area contributed by atoms with Crippen LogP contribution in [0, 0.1) is 5.41 Å². The molecule has 0 saturated carbocycles. The van der Waals surface area contributed by atoms with Crippen molar-refractivity contribution in [3.8, 4) is 0 Å². The van der Waals surface area contributed by atoms with Gasteiger partial charge < -0.3 is 0 Å². The second kappa shape index (κ2) is 3.93. The number of rotatable bonds is 1. The van der Waals surface area contributed by atoms with Gasteiger partial charge in [-0.3, -0.25) is 0 Å². The minimum atomic E-state index is 0.285. The zero-order chi connectivity index (χ0) is 11.1. The summed E-state index contributed by atoms with van der Waals surface area (Å²) in [5, 5.41) is 0. The van der Waals surface area contributed by atoms with Gasteiger partial charge in [0, 0.05) is 4.83 Å². The first-order valence-electron chi connectivity index (χ1n) is 5.74. The molecular formula is C14H19Br. The maximum atomic E-state index is 3.81. The summed E-state index contributed by atoms with van der Waals surface area (Å²) in [6.45, 7) is 6.83. The maximum absolute atomic E-state index is 3.81. The fourth-order valence-corrected chi connectivity index (χ4v) is 2.53. The van der Waals surface area contributed by atoms with Crippen molar-refractivity contribution in [1.29, 1.82) is 0 Å². The average Bonchev–Trinajstić information content (AvgIpc) is 2.61. The Labute approximate surface area is 101 Å². The standard InChI is InChI=1S/C14H19Br/c1-14(2,3)13(15)12-8-7-10-5-4-6-11(10)9-12/h7-9,13H,4-6H2,1-3H3. The molecule has 0 nitrogen and oxygen atoms in total. The Kier molecular flexibility index (Phi) is 2.94. The molecule has 0 aromatic heterocycles. The van der Waals surface area contributed by atoms with E-state index < -0.39 is 0 Å². The molecule has 1 unspecified atom stereocenters. The zero-order valence-electron chi connectivity index (χ0n) is 9.81. The van der Waals surface area contributed by atoms with Gasteiger partial charge in [0.2, 0.25) is 0 Å². The summed E-state index contributed by atoms with van der Waals surface area (Å²) in [6.07, 6.45) is 3.88. The molecule has 1 aromatic rings. The molecule has 1 heteroatoms. The summed E-state index contributed by atoms with van der Waals surface area (Å²) in [5.41, 5.74) is 4.85. The highest BCUT2D eigenvalue weighted by atomic mass is 79.9. The van der Waals surface area contributed by atoms with Crippen LogP contribution in [0.25, 0.3) is 0 Å². The fraction of sp³-hybridized carbons (Fsp3) is 0.571. The molecule has 0 saturated heterocycles. The second-order valence-corrected chi connectivity index (χ2v) is 6.53. The Bertz CT molecular complexity index is 360. The Morgan fingerprint density at radius 2 is 1.80 bits per heavy atom. The van der Waals surface area contributed by atoms with E-state index in [1.807, 2.05) is 0 Å². The van der Waals surface area contributed by atoms with Crippen LogP contribution in [0.4, 0.5) is 0 Å². The number of hydrogen-bond acceptors (Lipinski definition) is 0. The van der Waals surface area contributed by atoms with Gasteiger partial charge in [0.05, 0.1) is 0 Å². The van der Waals surface area contributed by atoms with E-state index in [-0.39, 0.29) is 5.41 Å². The highest BCUT2D eigenvalue weighted by Gasteiger charge is 2.24. The first-order valence-corrected chi connectivity index (χ1v) is 6.66. The van der Waals surface area contributed by atoms with Crippen LogP contribution in [-0.2, 0) is 12.8 Å². The van der Waals surface area contributed by atoms with Crippen LogP contribution in [0.3, 0.4) is 0 Å². The summed E-state index contributed by atoms with van der Waals surface area (Å²) >= 11 is 3.81. The molecule has 0 N–H and O–H groups in total. The monoisotopic (exact) mass is 266 g/mol. The number of benzene rings is 1. The van der Waals surface area contributed by atoms with Gasteiger partial charge in [0.25, 0.3) is 0 Å². The molecule has 0 spiro atoms. The minimum Gasteiger partial charge on any atom is -0.0833 e. The molecule has 82 valence electrons. The highest BCUT2D eigenvalue weighted by Crippen LogP contribution is 2.41. The lowest BCUT2D eigenvalue weighted by Gasteiger charge is -2.26. The largest absolute Gasteiger partial charge is 0.0833 e. The van der Waals surface area contributed by atoms with Gasteiger partial charge in [-0.15, -0.1) is 0 Å². The van der Waals surface area contributed by atoms with Crippen molar-refractivity contribution in [2.75, 3.05) is 0 Å². The normalized spacial score (nSPS) is 17.6. The Morgan fingerprint density at radius 3 is 2.47 bits per heavy atom. The highest BCUT2D eigenvalue weighted by molar-refractivity contribution is 9.09. The zero-order valence-corrected chi connectivity index (χ0v) is 11.4. The Hall–Kier alpha value is -0.300. The van der Waals surface area contributed by atoms with Crippen LogP contribution >= 0.6 is 15.9 Å². The topological polar surface area (TPSA) is 0 Å². The quantitative estimate of drug-likeness (QED) is 0.649. The molecular weight excluding hydrogens is 248 g/mol. The molecule has 15 heavy (non-hydrogen) atoms. The van der Waals surface area contributed by atoms with Crippen LogP contribution in [0.1, 0.15) is 48.7 Å². The smallest absolute Gasteiger partial charge is 0.0443 e. The van der Waals surface area contributed by atoms with Crippen molar-refractivity contribution in [2.24, 2.45) is 5.41 Å². The molecule has 1 aliphatic carbocycles. The Balaban J connectivity index is 2.31. The predicted molar refractivity (Wildman–Crippen MR) is 69.6 cm³/mol. The van der Waals surface area contributed by atoms with E-state index in [2.05, 4.69) is 54.9 Å². The van der Waals surface area contributed by atoms with E-state index in [0.29, 0.717) is 4.83 Å². The van der Waals surface area contributed by atoms with E-state index in [0.717, 1.165) is 0 Å². The number of halogens is 1. The number of hydrogen-bond donors (Lipinski definition) is 0. The van der Waals surface area contributed by atoms with Gasteiger partial charge in [0.15, 0.2) is 0 Å². The SMILES string of the molecule is CC(C)(C)C(Br)c1ccc2c(c1)CCC2. The molecule has 0 aliphatic heterocycles. The van der Waals surface area contributed by atoms with Gasteiger partial charge in [-0.1, -0.05) is 54.9 Å². The molecule has 1 aliphatic rings. The molecule has 2 rings (SSSR count). The van der Waals surface area contributed by atoms with Crippen molar-refractivity contribution in [3.05, 3.63) is 34.9 Å². The van der Waals surface area contributed by atoms with Crippen LogP contribution < -0.4 is 0 Å². The first-order chi connectivity index (χ1) is 6.98. The van der Waals surface area contributed by atoms with Crippen molar-refractivity contribution < 1.29 is 0 Å². The van der Waals surface area contributed by atoms with Gasteiger partial charge in [-0.25, -0.2) is 0 Å². The van der Waals surface area contributed by atoms with E-state index in [9.17, 15) is 0 Å². The van der Waals surface area contributed by atoms with Crippen LogP contribution in [0.2, 0.25) is 0 Å². The number of alkyl halides is 1. The molecule has 0 bridgehead atoms. The summed E-state index contributed by atoms with van der Waals surface area (Å²) in [5.74, 6) is 0. The van der Waals surface area contributed by atoms with E-state index in [4.69, 9.17) is 0 Å². The molecule has 0 radical (unpaired) electrons. The second-order valence-electron chi connectivity index (χ2n) is 5.61. The van der Waals surface area contributed by atoms with Crippen molar-refractivity contribution in [1.82, 2.24) is 0 Å². The van der Waals surface area contributed by atoms with Crippen LogP contribution in [0.5, 0.6) is 0 Å². The maximum Gasteiger partial charge on any atom is 0.0443 e. The molecule has 0 amide bonds. The van der Waals surface area contributed by atoms with Crippen LogP contribution in [-0.4, -0.2) is 0 Å². The summed E-state index contributed by atoms with van der Waals surface area (Å²) in [6, 6.07) is 7.00. The first kappa shape index (κ1) is 11.2. The van der Waals surface area contributed by atoms with E-state index in [1.54, 1.807) is 11.1 Å². The number of fused-ring (bicyclic) bond motifs is 1. The lowest BCUT2D eigenvalue weighted by molar-refractivity contribution is 0.407. The molecule has 1 atom stereocenters. The van der Waals surface area contributed by atoms with Crippen molar-refractivity contribution in [2.45, 2.75) is 44.9 Å². The van der Waals surface area contributed by atoms with Gasteiger partial charge in [-0.2, -0.15) is 0 Å². The van der Waals surface area contributed by atoms with Gasteiger partial charge in [-0.05, 0) is 41.4 Å². The summed E-state index contributed by atoms with van der Waals surface area (Å²) in [4.78, 5) is 0.455. The average molecular weight is 267 g/mol. The van der Waals surface area contributed by atoms with Crippen LogP contribution in [0.15, 0.2) is 18.2 Å². The third kappa shape index (κ3) is 2.28. The summed E-state index contributed by atoms with van der Waals surface area (Å²) in [7, 11) is 0. The minimum absolute atomic E-state index is 0.285. The van der Waals surface area contributed by atoms with E-state index >= 15 is 0 Å². The lowest BCUT2D eigenvalue weighted by atomic mass is 9.87.